The van der Waals surface area contributed by atoms with Gasteiger partial charge in [0.05, 0.1) is 31.7 Å². The van der Waals surface area contributed by atoms with Crippen LogP contribution in [0.2, 0.25) is 0 Å². The smallest absolute Gasteiger partial charge is 0.277 e. The lowest BCUT2D eigenvalue weighted by atomic mass is 10.1. The number of likely N-dealkylation sites (N-methyl/N-ethyl adjacent to an activating group) is 1. The van der Waals surface area contributed by atoms with Gasteiger partial charge in [0.25, 0.3) is 11.5 Å². The predicted molar refractivity (Wildman–Crippen MR) is 115 cm³/mol. The maximum Gasteiger partial charge on any atom is 0.277 e. The molecule has 2 heterocycles. The van der Waals surface area contributed by atoms with Gasteiger partial charge in [-0.1, -0.05) is 19.3 Å². The number of hydrogen-bond acceptors (Lipinski definition) is 5. The molecule has 8 nitrogen and oxygen atoms in total. The van der Waals surface area contributed by atoms with E-state index in [1.165, 1.54) is 26.4 Å². The molecule has 2 N–H and O–H groups in total. The Balaban J connectivity index is 1.75. The van der Waals surface area contributed by atoms with Gasteiger partial charge in [-0.2, -0.15) is 0 Å². The van der Waals surface area contributed by atoms with Gasteiger partial charge in [0.15, 0.2) is 23.9 Å². The van der Waals surface area contributed by atoms with Gasteiger partial charge in [-0.3, -0.25) is 9.59 Å². The van der Waals surface area contributed by atoms with E-state index in [0.717, 1.165) is 37.4 Å². The summed E-state index contributed by atoms with van der Waals surface area (Å²) in [6.07, 6.45) is 5.83. The third-order valence-electron chi connectivity index (χ3n) is 5.79. The quantitative estimate of drug-likeness (QED) is 0.705. The van der Waals surface area contributed by atoms with Crippen molar-refractivity contribution in [2.24, 2.45) is 0 Å². The van der Waals surface area contributed by atoms with Crippen molar-refractivity contribution in [3.63, 3.8) is 0 Å². The highest BCUT2D eigenvalue weighted by Gasteiger charge is 2.21. The SMILES string of the molecule is CC[NH+](CC(=O)N1CCCCCCC1)Cc1nc2cc(OC)c(OC)cc2c(=O)[nH]1. The Kier molecular flexibility index (Phi) is 7.68. The number of ether oxygens (including phenoxy) is 2. The third-order valence-corrected chi connectivity index (χ3v) is 5.79. The van der Waals surface area contributed by atoms with Crippen LogP contribution in [0.25, 0.3) is 10.9 Å². The summed E-state index contributed by atoms with van der Waals surface area (Å²) in [6, 6.07) is 3.35. The second-order valence-electron chi connectivity index (χ2n) is 7.84. The molecule has 2 aromatic rings. The first-order valence-corrected chi connectivity index (χ1v) is 10.8. The van der Waals surface area contributed by atoms with Gasteiger partial charge in [-0.15, -0.1) is 0 Å². The van der Waals surface area contributed by atoms with Crippen molar-refractivity contribution in [2.45, 2.75) is 45.6 Å². The maximum atomic E-state index is 12.8. The van der Waals surface area contributed by atoms with Crippen LogP contribution in [0.4, 0.5) is 0 Å². The minimum absolute atomic E-state index is 0.184. The fourth-order valence-corrected chi connectivity index (χ4v) is 3.97. The Morgan fingerprint density at radius 1 is 1.10 bits per heavy atom. The van der Waals surface area contributed by atoms with Crippen molar-refractivity contribution in [2.75, 3.05) is 40.4 Å². The molecule has 0 aliphatic carbocycles. The van der Waals surface area contributed by atoms with E-state index in [0.29, 0.717) is 41.3 Å². The van der Waals surface area contributed by atoms with Crippen LogP contribution in [0.15, 0.2) is 16.9 Å². The molecular weight excluding hydrogens is 384 g/mol. The number of aromatic nitrogens is 2. The number of H-pyrrole nitrogens is 1. The highest BCUT2D eigenvalue weighted by Crippen LogP contribution is 2.29. The standard InChI is InChI=1S/C22H32N4O4/c1-4-25(15-21(27)26-10-8-6-5-7-9-11-26)14-20-23-17-13-19(30-3)18(29-2)12-16(17)22(28)24-20/h12-13H,4-11,14-15H2,1-3H3,(H,23,24,28)/p+1. The van der Waals surface area contributed by atoms with Gasteiger partial charge in [0.1, 0.15) is 6.54 Å². The molecule has 0 bridgehead atoms. The van der Waals surface area contributed by atoms with Gasteiger partial charge in [-0.05, 0) is 25.8 Å². The van der Waals surface area contributed by atoms with Crippen molar-refractivity contribution < 1.29 is 19.2 Å². The zero-order chi connectivity index (χ0) is 21.5. The zero-order valence-corrected chi connectivity index (χ0v) is 18.3. The summed E-state index contributed by atoms with van der Waals surface area (Å²) in [4.78, 5) is 36.0. The minimum atomic E-state index is -0.221. The van der Waals surface area contributed by atoms with Gasteiger partial charge in [0.2, 0.25) is 0 Å². The van der Waals surface area contributed by atoms with Crippen LogP contribution < -0.4 is 19.9 Å². The summed E-state index contributed by atoms with van der Waals surface area (Å²) in [5.74, 6) is 1.77. The first-order chi connectivity index (χ1) is 14.5. The normalized spacial score (nSPS) is 16.0. The van der Waals surface area contributed by atoms with E-state index < -0.39 is 0 Å². The number of fused-ring (bicyclic) bond motifs is 1. The molecular formula is C22H33N4O4+. The van der Waals surface area contributed by atoms with Gasteiger partial charge in [0, 0.05) is 19.2 Å². The number of benzene rings is 1. The molecule has 1 fully saturated rings. The van der Waals surface area contributed by atoms with Crippen molar-refractivity contribution >= 4 is 16.8 Å². The fourth-order valence-electron chi connectivity index (χ4n) is 3.97. The van der Waals surface area contributed by atoms with Crippen molar-refractivity contribution in [1.29, 1.82) is 0 Å². The third kappa shape index (κ3) is 5.30. The van der Waals surface area contributed by atoms with E-state index in [1.54, 1.807) is 19.2 Å². The largest absolute Gasteiger partial charge is 0.493 e. The van der Waals surface area contributed by atoms with Crippen LogP contribution in [0, 0.1) is 0 Å². The molecule has 30 heavy (non-hydrogen) atoms. The monoisotopic (exact) mass is 417 g/mol. The Bertz CT molecular complexity index is 919. The number of methoxy groups -OCH3 is 2. The fraction of sp³-hybridized carbons (Fsp3) is 0.591. The molecule has 3 rings (SSSR count). The molecule has 164 valence electrons. The highest BCUT2D eigenvalue weighted by molar-refractivity contribution is 5.81. The zero-order valence-electron chi connectivity index (χ0n) is 18.3. The van der Waals surface area contributed by atoms with Crippen molar-refractivity contribution in [3.8, 4) is 11.5 Å². The maximum absolute atomic E-state index is 12.8. The second kappa shape index (κ2) is 10.4. The van der Waals surface area contributed by atoms with Crippen LogP contribution in [-0.4, -0.2) is 61.2 Å². The molecule has 1 aliphatic heterocycles. The van der Waals surface area contributed by atoms with E-state index >= 15 is 0 Å². The van der Waals surface area contributed by atoms with Crippen LogP contribution in [0.3, 0.4) is 0 Å². The molecule has 1 unspecified atom stereocenters. The molecule has 1 aliphatic rings. The number of carbonyl (C=O) groups is 1. The molecule has 8 heteroatoms. The van der Waals surface area contributed by atoms with Crippen LogP contribution in [-0.2, 0) is 11.3 Å². The molecule has 0 radical (unpaired) electrons. The summed E-state index contributed by atoms with van der Waals surface area (Å²) < 4.78 is 10.6. The van der Waals surface area contributed by atoms with Gasteiger partial charge >= 0.3 is 0 Å². The van der Waals surface area contributed by atoms with Gasteiger partial charge in [-0.25, -0.2) is 4.98 Å². The molecule has 1 atom stereocenters. The molecule has 1 saturated heterocycles. The van der Waals surface area contributed by atoms with Crippen molar-refractivity contribution in [1.82, 2.24) is 14.9 Å². The van der Waals surface area contributed by atoms with Crippen LogP contribution in [0.1, 0.15) is 44.9 Å². The molecule has 1 amide bonds. The lowest BCUT2D eigenvalue weighted by Gasteiger charge is -2.26. The summed E-state index contributed by atoms with van der Waals surface area (Å²) in [5.41, 5.74) is 0.332. The molecule has 0 saturated carbocycles. The molecule has 0 spiro atoms. The first-order valence-electron chi connectivity index (χ1n) is 10.8. The van der Waals surface area contributed by atoms with Gasteiger partial charge < -0.3 is 24.3 Å². The number of nitrogens with one attached hydrogen (secondary N) is 2. The number of carbonyl (C=O) groups excluding carboxylic acids is 1. The van der Waals surface area contributed by atoms with E-state index in [9.17, 15) is 9.59 Å². The Morgan fingerprint density at radius 3 is 2.37 bits per heavy atom. The summed E-state index contributed by atoms with van der Waals surface area (Å²) in [5, 5.41) is 0.450. The van der Waals surface area contributed by atoms with E-state index in [4.69, 9.17) is 9.47 Å². The van der Waals surface area contributed by atoms with E-state index in [-0.39, 0.29) is 11.5 Å². The number of likely N-dealkylation sites (tertiary alicyclic amines) is 1. The Morgan fingerprint density at radius 2 is 1.73 bits per heavy atom. The number of aromatic amines is 1. The lowest BCUT2D eigenvalue weighted by molar-refractivity contribution is -0.905. The second-order valence-corrected chi connectivity index (χ2v) is 7.84. The van der Waals surface area contributed by atoms with Crippen molar-refractivity contribution in [3.05, 3.63) is 28.3 Å². The number of rotatable bonds is 7. The average Bonchev–Trinajstić information content (AvgIpc) is 2.72. The lowest BCUT2D eigenvalue weighted by Crippen LogP contribution is -3.11. The summed E-state index contributed by atoms with van der Waals surface area (Å²) >= 11 is 0. The van der Waals surface area contributed by atoms with Crippen LogP contribution in [0.5, 0.6) is 11.5 Å². The Hall–Kier alpha value is -2.61. The van der Waals surface area contributed by atoms with E-state index in [2.05, 4.69) is 9.97 Å². The number of nitrogens with zero attached hydrogens (tertiary/aromatic N) is 2. The number of amides is 1. The predicted octanol–water partition coefficient (Wildman–Crippen LogP) is 1.14. The molecule has 1 aromatic heterocycles. The summed E-state index contributed by atoms with van der Waals surface area (Å²) in [6.45, 7) is 5.40. The van der Waals surface area contributed by atoms with E-state index in [1.807, 2.05) is 11.8 Å². The number of quaternary nitrogens is 1. The first kappa shape index (κ1) is 22.1. The Labute approximate surface area is 177 Å². The van der Waals surface area contributed by atoms with Crippen LogP contribution >= 0.6 is 0 Å². The highest BCUT2D eigenvalue weighted by atomic mass is 16.5. The number of hydrogen-bond donors (Lipinski definition) is 2. The summed E-state index contributed by atoms with van der Waals surface area (Å²) in [7, 11) is 3.09. The average molecular weight is 418 g/mol. The minimum Gasteiger partial charge on any atom is -0.493 e. The molecule has 1 aromatic carbocycles. The topological polar surface area (TPSA) is 89.0 Å².